The van der Waals surface area contributed by atoms with Gasteiger partial charge in [-0.1, -0.05) is 0 Å². The van der Waals surface area contributed by atoms with E-state index in [0.717, 1.165) is 5.75 Å². The molecule has 1 fully saturated rings. The van der Waals surface area contributed by atoms with Gasteiger partial charge in [0.25, 0.3) is 0 Å². The predicted molar refractivity (Wildman–Crippen MR) is 90.3 cm³/mol. The molecule has 1 aliphatic heterocycles. The van der Waals surface area contributed by atoms with Gasteiger partial charge in [0.05, 0.1) is 19.7 Å². The van der Waals surface area contributed by atoms with Crippen LogP contribution in [0.25, 0.3) is 0 Å². The van der Waals surface area contributed by atoms with Crippen LogP contribution in [0.1, 0.15) is 20.3 Å². The van der Waals surface area contributed by atoms with Gasteiger partial charge in [-0.2, -0.15) is 0 Å². The van der Waals surface area contributed by atoms with Crippen molar-refractivity contribution in [1.29, 1.82) is 0 Å². The fraction of sp³-hybridized carbons (Fsp3) is 0.529. The van der Waals surface area contributed by atoms with Crippen molar-refractivity contribution >= 4 is 11.9 Å². The van der Waals surface area contributed by atoms with Gasteiger partial charge in [0, 0.05) is 19.0 Å². The van der Waals surface area contributed by atoms with Crippen molar-refractivity contribution in [2.45, 2.75) is 32.4 Å². The summed E-state index contributed by atoms with van der Waals surface area (Å²) in [5, 5.41) is 5.55. The summed E-state index contributed by atoms with van der Waals surface area (Å²) in [5.41, 5.74) is 0. The highest BCUT2D eigenvalue weighted by Gasteiger charge is 2.31. The molecule has 7 heteroatoms. The lowest BCUT2D eigenvalue weighted by atomic mass is 10.2. The maximum Gasteiger partial charge on any atom is 0.315 e. The van der Waals surface area contributed by atoms with E-state index in [1.807, 2.05) is 38.1 Å². The molecule has 1 saturated heterocycles. The molecule has 1 unspecified atom stereocenters. The van der Waals surface area contributed by atoms with E-state index < -0.39 is 0 Å². The van der Waals surface area contributed by atoms with Gasteiger partial charge in [0.1, 0.15) is 18.1 Å². The van der Waals surface area contributed by atoms with Crippen LogP contribution < -0.4 is 20.1 Å². The lowest BCUT2D eigenvalue weighted by molar-refractivity contribution is -0.129. The summed E-state index contributed by atoms with van der Waals surface area (Å²) in [7, 11) is 1.61. The smallest absolute Gasteiger partial charge is 0.315 e. The lowest BCUT2D eigenvalue weighted by Crippen LogP contribution is -2.44. The van der Waals surface area contributed by atoms with Gasteiger partial charge < -0.3 is 25.0 Å². The van der Waals surface area contributed by atoms with E-state index in [1.54, 1.807) is 12.0 Å². The monoisotopic (exact) mass is 335 g/mol. The van der Waals surface area contributed by atoms with Crippen LogP contribution >= 0.6 is 0 Å². The molecule has 2 N–H and O–H groups in total. The molecule has 1 heterocycles. The van der Waals surface area contributed by atoms with Gasteiger partial charge in [-0.05, 0) is 38.1 Å². The molecule has 0 spiro atoms. The summed E-state index contributed by atoms with van der Waals surface area (Å²) in [5.74, 6) is 1.56. The Balaban J connectivity index is 1.64. The van der Waals surface area contributed by atoms with Crippen LogP contribution in [0.4, 0.5) is 4.79 Å². The summed E-state index contributed by atoms with van der Waals surface area (Å²) in [6.07, 6.45) is 0.355. The number of likely N-dealkylation sites (tertiary alicyclic amines) is 1. The number of carbonyl (C=O) groups is 2. The van der Waals surface area contributed by atoms with E-state index >= 15 is 0 Å². The van der Waals surface area contributed by atoms with Gasteiger partial charge in [-0.15, -0.1) is 0 Å². The molecule has 0 saturated carbocycles. The molecular formula is C17H25N3O4. The van der Waals surface area contributed by atoms with Crippen LogP contribution in [0, 0.1) is 0 Å². The number of nitrogens with zero attached hydrogens (tertiary/aromatic N) is 1. The summed E-state index contributed by atoms with van der Waals surface area (Å²) in [4.78, 5) is 25.4. The molecule has 1 aromatic rings. The second-order valence-corrected chi connectivity index (χ2v) is 5.97. The van der Waals surface area contributed by atoms with Crippen LogP contribution in [-0.2, 0) is 4.79 Å². The standard InChI is InChI=1S/C17H25N3O4/c1-12(2)20-11-13(10-16(20)21)19-17(22)18-8-9-24-15-6-4-14(23-3)5-7-15/h4-7,12-13H,8-11H2,1-3H3,(H2,18,19,22). The third-order valence-corrected chi connectivity index (χ3v) is 3.83. The number of urea groups is 1. The predicted octanol–water partition coefficient (Wildman–Crippen LogP) is 1.38. The van der Waals surface area contributed by atoms with E-state index in [2.05, 4.69) is 10.6 Å². The zero-order chi connectivity index (χ0) is 17.5. The number of rotatable bonds is 7. The Morgan fingerprint density at radius 2 is 1.96 bits per heavy atom. The number of amides is 3. The van der Waals surface area contributed by atoms with Crippen molar-refractivity contribution in [3.63, 3.8) is 0 Å². The molecule has 0 radical (unpaired) electrons. The first-order chi connectivity index (χ1) is 11.5. The number of nitrogens with one attached hydrogen (secondary N) is 2. The van der Waals surface area contributed by atoms with Crippen molar-refractivity contribution in [2.24, 2.45) is 0 Å². The molecule has 1 aliphatic rings. The largest absolute Gasteiger partial charge is 0.497 e. The number of ether oxygens (including phenoxy) is 2. The first kappa shape index (κ1) is 17.9. The van der Waals surface area contributed by atoms with E-state index in [-0.39, 0.29) is 24.0 Å². The average molecular weight is 335 g/mol. The first-order valence-corrected chi connectivity index (χ1v) is 8.10. The highest BCUT2D eigenvalue weighted by atomic mass is 16.5. The third kappa shape index (κ3) is 5.04. The van der Waals surface area contributed by atoms with E-state index in [4.69, 9.17) is 9.47 Å². The van der Waals surface area contributed by atoms with Crippen LogP contribution in [0.2, 0.25) is 0 Å². The molecular weight excluding hydrogens is 310 g/mol. The second-order valence-electron chi connectivity index (χ2n) is 5.97. The Bertz CT molecular complexity index is 559. The minimum Gasteiger partial charge on any atom is -0.497 e. The number of carbonyl (C=O) groups excluding carboxylic acids is 2. The minimum atomic E-state index is -0.281. The highest BCUT2D eigenvalue weighted by Crippen LogP contribution is 2.16. The van der Waals surface area contributed by atoms with Gasteiger partial charge in [0.2, 0.25) is 5.91 Å². The molecule has 2 rings (SSSR count). The number of hydrogen-bond acceptors (Lipinski definition) is 4. The van der Waals surface area contributed by atoms with Crippen LogP contribution in [0.5, 0.6) is 11.5 Å². The Morgan fingerprint density at radius 3 is 2.54 bits per heavy atom. The number of hydrogen-bond donors (Lipinski definition) is 2. The van der Waals surface area contributed by atoms with E-state index in [0.29, 0.717) is 31.9 Å². The van der Waals surface area contributed by atoms with Crippen molar-refractivity contribution in [1.82, 2.24) is 15.5 Å². The fourth-order valence-electron chi connectivity index (χ4n) is 2.57. The lowest BCUT2D eigenvalue weighted by Gasteiger charge is -2.21. The van der Waals surface area contributed by atoms with Gasteiger partial charge >= 0.3 is 6.03 Å². The maximum absolute atomic E-state index is 11.9. The summed E-state index contributed by atoms with van der Waals surface area (Å²) in [6.45, 7) is 5.24. The van der Waals surface area contributed by atoms with Crippen LogP contribution in [0.3, 0.4) is 0 Å². The number of methoxy groups -OCH3 is 1. The molecule has 0 aromatic heterocycles. The molecule has 132 valence electrons. The van der Waals surface area contributed by atoms with Crippen molar-refractivity contribution < 1.29 is 19.1 Å². The Morgan fingerprint density at radius 1 is 1.29 bits per heavy atom. The first-order valence-electron chi connectivity index (χ1n) is 8.10. The van der Waals surface area contributed by atoms with Crippen LogP contribution in [-0.4, -0.2) is 55.7 Å². The summed E-state index contributed by atoms with van der Waals surface area (Å²) >= 11 is 0. The molecule has 0 aliphatic carbocycles. The third-order valence-electron chi connectivity index (χ3n) is 3.83. The molecule has 0 bridgehead atoms. The fourth-order valence-corrected chi connectivity index (χ4v) is 2.57. The minimum absolute atomic E-state index is 0.0816. The molecule has 1 aromatic carbocycles. The quantitative estimate of drug-likeness (QED) is 0.738. The Labute approximate surface area is 142 Å². The van der Waals surface area contributed by atoms with Gasteiger partial charge in [-0.25, -0.2) is 4.79 Å². The topological polar surface area (TPSA) is 79.9 Å². The SMILES string of the molecule is COc1ccc(OCCNC(=O)NC2CC(=O)N(C(C)C)C2)cc1. The van der Waals surface area contributed by atoms with E-state index in [9.17, 15) is 9.59 Å². The molecule has 7 nitrogen and oxygen atoms in total. The molecule has 24 heavy (non-hydrogen) atoms. The zero-order valence-corrected chi connectivity index (χ0v) is 14.4. The summed E-state index contributed by atoms with van der Waals surface area (Å²) in [6, 6.07) is 6.98. The zero-order valence-electron chi connectivity index (χ0n) is 14.4. The second kappa shape index (κ2) is 8.42. The summed E-state index contributed by atoms with van der Waals surface area (Å²) < 4.78 is 10.6. The van der Waals surface area contributed by atoms with Crippen molar-refractivity contribution in [3.8, 4) is 11.5 Å². The van der Waals surface area contributed by atoms with Gasteiger partial charge in [-0.3, -0.25) is 4.79 Å². The normalized spacial score (nSPS) is 17.1. The maximum atomic E-state index is 11.9. The Hall–Kier alpha value is -2.44. The van der Waals surface area contributed by atoms with Crippen LogP contribution in [0.15, 0.2) is 24.3 Å². The van der Waals surface area contributed by atoms with E-state index in [1.165, 1.54) is 0 Å². The molecule has 3 amide bonds. The molecule has 1 atom stereocenters. The number of benzene rings is 1. The van der Waals surface area contributed by atoms with Crippen molar-refractivity contribution in [2.75, 3.05) is 26.8 Å². The van der Waals surface area contributed by atoms with Gasteiger partial charge in [0.15, 0.2) is 0 Å². The highest BCUT2D eigenvalue weighted by molar-refractivity contribution is 5.81. The average Bonchev–Trinajstić information content (AvgIpc) is 2.92. The van der Waals surface area contributed by atoms with Crippen molar-refractivity contribution in [3.05, 3.63) is 24.3 Å². The Kier molecular flexibility index (Phi) is 6.28.